The second-order valence-electron chi connectivity index (χ2n) is 4.66. The molecular weight excluding hydrogens is 385 g/mol. The van der Waals surface area contributed by atoms with Crippen LogP contribution in [0.1, 0.15) is 23.7 Å². The van der Waals surface area contributed by atoms with Crippen LogP contribution in [0.4, 0.5) is 0 Å². The molecule has 0 aliphatic heterocycles. The lowest BCUT2D eigenvalue weighted by Crippen LogP contribution is -2.05. The summed E-state index contributed by atoms with van der Waals surface area (Å²) >= 11 is 8.59. The molecule has 0 fully saturated rings. The third kappa shape index (κ3) is 2.67. The molecule has 0 saturated heterocycles. The van der Waals surface area contributed by atoms with E-state index < -0.39 is 0 Å². The molecule has 1 atom stereocenters. The Morgan fingerprint density at radius 1 is 1.25 bits per heavy atom. The van der Waals surface area contributed by atoms with Gasteiger partial charge in [0.15, 0.2) is 0 Å². The fourth-order valence-corrected chi connectivity index (χ4v) is 2.90. The van der Waals surface area contributed by atoms with E-state index >= 15 is 0 Å². The zero-order valence-corrected chi connectivity index (χ0v) is 13.8. The number of imidazole rings is 1. The normalized spacial score (nSPS) is 12.8. The topological polar surface area (TPSA) is 30.7 Å². The first-order valence-electron chi connectivity index (χ1n) is 6.34. The zero-order valence-electron chi connectivity index (χ0n) is 10.9. The molecule has 0 aliphatic carbocycles. The Morgan fingerprint density at radius 3 is 2.70 bits per heavy atom. The summed E-state index contributed by atoms with van der Waals surface area (Å²) in [6.45, 7) is 2.71. The van der Waals surface area contributed by atoms with Crippen LogP contribution in [-0.4, -0.2) is 14.5 Å². The Kier molecular flexibility index (Phi) is 3.94. The fourth-order valence-electron chi connectivity index (χ4n) is 2.26. The number of hydrogen-bond donors (Lipinski definition) is 0. The van der Waals surface area contributed by atoms with Crippen molar-refractivity contribution in [2.75, 3.05) is 0 Å². The van der Waals surface area contributed by atoms with Gasteiger partial charge in [-0.3, -0.25) is 4.98 Å². The summed E-state index contributed by atoms with van der Waals surface area (Å²) in [5.41, 5.74) is 3.30. The average Bonchev–Trinajstić information content (AvgIpc) is 2.78. The number of pyridine rings is 1. The summed E-state index contributed by atoms with van der Waals surface area (Å²) in [4.78, 5) is 8.73. The van der Waals surface area contributed by atoms with Crippen LogP contribution in [0.15, 0.2) is 42.7 Å². The van der Waals surface area contributed by atoms with Gasteiger partial charge in [0.2, 0.25) is 0 Å². The lowest BCUT2D eigenvalue weighted by Gasteiger charge is -2.10. The molecule has 0 aliphatic rings. The van der Waals surface area contributed by atoms with Crippen LogP contribution in [0.3, 0.4) is 0 Å². The Morgan fingerprint density at radius 2 is 2.00 bits per heavy atom. The number of halogens is 2. The summed E-state index contributed by atoms with van der Waals surface area (Å²) in [5.74, 6) is 0.903. The predicted molar refractivity (Wildman–Crippen MR) is 90.1 cm³/mol. The molecule has 0 N–H and O–H groups in total. The van der Waals surface area contributed by atoms with Crippen molar-refractivity contribution in [3.63, 3.8) is 0 Å². The summed E-state index contributed by atoms with van der Waals surface area (Å²) in [5, 5.41) is -0.123. The predicted octanol–water partition coefficient (Wildman–Crippen LogP) is 4.38. The van der Waals surface area contributed by atoms with Crippen LogP contribution in [0.2, 0.25) is 0 Å². The van der Waals surface area contributed by atoms with Gasteiger partial charge in [0, 0.05) is 22.5 Å². The van der Waals surface area contributed by atoms with Gasteiger partial charge in [0.1, 0.15) is 5.82 Å². The summed E-state index contributed by atoms with van der Waals surface area (Å²) < 4.78 is 3.36. The third-order valence-electron chi connectivity index (χ3n) is 3.19. The smallest absolute Gasteiger partial charge is 0.128 e. The summed E-state index contributed by atoms with van der Waals surface area (Å²) in [6.07, 6.45) is 3.61. The van der Waals surface area contributed by atoms with E-state index in [1.807, 2.05) is 19.1 Å². The molecule has 2 heterocycles. The number of alkyl halides is 1. The molecule has 2 aromatic heterocycles. The molecule has 0 radical (unpaired) electrons. The van der Waals surface area contributed by atoms with Gasteiger partial charge >= 0.3 is 0 Å². The lowest BCUT2D eigenvalue weighted by molar-refractivity contribution is 0.742. The standard InChI is InChI=1S/C15H13ClIN3/c1-10(16)15-19-13-8-12(17)2-3-14(13)20(15)9-11-4-6-18-7-5-11/h2-8,10H,9H2,1H3. The largest absolute Gasteiger partial charge is 0.322 e. The van der Waals surface area contributed by atoms with Crippen molar-refractivity contribution in [3.05, 3.63) is 57.7 Å². The third-order valence-corrected chi connectivity index (χ3v) is 4.05. The van der Waals surface area contributed by atoms with Crippen molar-refractivity contribution in [2.45, 2.75) is 18.8 Å². The van der Waals surface area contributed by atoms with Gasteiger partial charge in [-0.2, -0.15) is 0 Å². The average molecular weight is 398 g/mol. The molecule has 0 saturated carbocycles. The van der Waals surface area contributed by atoms with Gasteiger partial charge in [-0.1, -0.05) is 0 Å². The molecule has 1 aromatic carbocycles. The van der Waals surface area contributed by atoms with Crippen LogP contribution in [0, 0.1) is 3.57 Å². The van der Waals surface area contributed by atoms with E-state index in [-0.39, 0.29) is 5.38 Å². The van der Waals surface area contributed by atoms with Crippen molar-refractivity contribution in [3.8, 4) is 0 Å². The van der Waals surface area contributed by atoms with Crippen LogP contribution >= 0.6 is 34.2 Å². The van der Waals surface area contributed by atoms with Crippen molar-refractivity contribution < 1.29 is 0 Å². The number of hydrogen-bond acceptors (Lipinski definition) is 2. The van der Waals surface area contributed by atoms with Gasteiger partial charge in [0.25, 0.3) is 0 Å². The van der Waals surface area contributed by atoms with Gasteiger partial charge in [-0.05, 0) is 65.4 Å². The van der Waals surface area contributed by atoms with E-state index in [4.69, 9.17) is 11.6 Å². The van der Waals surface area contributed by atoms with Crippen molar-refractivity contribution in [2.24, 2.45) is 0 Å². The molecule has 20 heavy (non-hydrogen) atoms. The van der Waals surface area contributed by atoms with E-state index in [2.05, 4.69) is 55.3 Å². The highest BCUT2D eigenvalue weighted by atomic mass is 127. The minimum absolute atomic E-state index is 0.123. The second-order valence-corrected chi connectivity index (χ2v) is 6.56. The van der Waals surface area contributed by atoms with Crippen molar-refractivity contribution in [1.29, 1.82) is 0 Å². The second kappa shape index (κ2) is 5.69. The Hall–Kier alpha value is -1.14. The van der Waals surface area contributed by atoms with Crippen LogP contribution in [0.25, 0.3) is 11.0 Å². The summed E-state index contributed by atoms with van der Waals surface area (Å²) in [7, 11) is 0. The molecule has 102 valence electrons. The van der Waals surface area contributed by atoms with Crippen molar-refractivity contribution >= 4 is 45.2 Å². The van der Waals surface area contributed by atoms with Gasteiger partial charge < -0.3 is 4.57 Å². The highest BCUT2D eigenvalue weighted by Gasteiger charge is 2.15. The lowest BCUT2D eigenvalue weighted by atomic mass is 10.2. The number of nitrogens with zero attached hydrogens (tertiary/aromatic N) is 3. The van der Waals surface area contributed by atoms with Crippen LogP contribution in [-0.2, 0) is 6.54 Å². The monoisotopic (exact) mass is 397 g/mol. The molecule has 3 nitrogen and oxygen atoms in total. The highest BCUT2D eigenvalue weighted by Crippen LogP contribution is 2.26. The molecule has 0 bridgehead atoms. The fraction of sp³-hybridized carbons (Fsp3) is 0.200. The van der Waals surface area contributed by atoms with E-state index in [0.717, 1.165) is 23.4 Å². The molecular formula is C15H13ClIN3. The maximum absolute atomic E-state index is 6.29. The number of rotatable bonds is 3. The molecule has 0 amide bonds. The molecule has 3 rings (SSSR count). The highest BCUT2D eigenvalue weighted by molar-refractivity contribution is 14.1. The zero-order chi connectivity index (χ0) is 14.1. The van der Waals surface area contributed by atoms with Crippen LogP contribution < -0.4 is 0 Å². The molecule has 1 unspecified atom stereocenters. The van der Waals surface area contributed by atoms with E-state index in [9.17, 15) is 0 Å². The molecule has 3 aromatic rings. The minimum atomic E-state index is -0.123. The van der Waals surface area contributed by atoms with E-state index in [1.54, 1.807) is 12.4 Å². The first kappa shape index (κ1) is 13.8. The number of fused-ring (bicyclic) bond motifs is 1. The van der Waals surface area contributed by atoms with Gasteiger partial charge in [0.05, 0.1) is 16.4 Å². The SMILES string of the molecule is CC(Cl)c1nc2cc(I)ccc2n1Cc1ccncc1. The first-order valence-corrected chi connectivity index (χ1v) is 7.85. The maximum atomic E-state index is 6.29. The van der Waals surface area contributed by atoms with Crippen molar-refractivity contribution in [1.82, 2.24) is 14.5 Å². The Labute approximate surface area is 136 Å². The number of benzene rings is 1. The van der Waals surface area contributed by atoms with E-state index in [0.29, 0.717) is 0 Å². The Bertz CT molecular complexity index is 737. The van der Waals surface area contributed by atoms with E-state index in [1.165, 1.54) is 9.13 Å². The quantitative estimate of drug-likeness (QED) is 0.485. The first-order chi connectivity index (χ1) is 9.65. The van der Waals surface area contributed by atoms with Gasteiger partial charge in [-0.15, -0.1) is 11.6 Å². The maximum Gasteiger partial charge on any atom is 0.128 e. The number of aromatic nitrogens is 3. The molecule has 5 heteroatoms. The minimum Gasteiger partial charge on any atom is -0.322 e. The Balaban J connectivity index is 2.14. The van der Waals surface area contributed by atoms with Crippen LogP contribution in [0.5, 0.6) is 0 Å². The summed E-state index contributed by atoms with van der Waals surface area (Å²) in [6, 6.07) is 10.3. The van der Waals surface area contributed by atoms with Gasteiger partial charge in [-0.25, -0.2) is 4.98 Å². The molecule has 0 spiro atoms.